The molecular formula is C12H12FN3O. The van der Waals surface area contributed by atoms with E-state index >= 15 is 0 Å². The molecule has 88 valence electrons. The fourth-order valence-corrected chi connectivity index (χ4v) is 1.07. The monoisotopic (exact) mass is 233 g/mol. The van der Waals surface area contributed by atoms with Gasteiger partial charge in [0, 0.05) is 12.7 Å². The molecule has 0 spiro atoms. The molecule has 0 bridgehead atoms. The van der Waals surface area contributed by atoms with Gasteiger partial charge in [-0.05, 0) is 23.8 Å². The summed E-state index contributed by atoms with van der Waals surface area (Å²) in [5.74, 6) is -0.302. The van der Waals surface area contributed by atoms with E-state index in [1.165, 1.54) is 18.3 Å². The van der Waals surface area contributed by atoms with Crippen LogP contribution in [0.2, 0.25) is 0 Å². The normalized spacial score (nSPS) is 9.88. The van der Waals surface area contributed by atoms with Gasteiger partial charge >= 0.3 is 6.03 Å². The third kappa shape index (κ3) is 5.33. The van der Waals surface area contributed by atoms with Crippen LogP contribution in [-0.2, 0) is 0 Å². The number of benzene rings is 1. The predicted octanol–water partition coefficient (Wildman–Crippen LogP) is 2.01. The van der Waals surface area contributed by atoms with E-state index in [0.717, 1.165) is 5.56 Å². The highest BCUT2D eigenvalue weighted by molar-refractivity contribution is 5.75. The summed E-state index contributed by atoms with van der Waals surface area (Å²) in [6, 6.07) is 7.41. The van der Waals surface area contributed by atoms with Gasteiger partial charge in [-0.2, -0.15) is 5.26 Å². The molecule has 0 aliphatic rings. The van der Waals surface area contributed by atoms with E-state index in [0.29, 0.717) is 6.54 Å². The van der Waals surface area contributed by atoms with Crippen LogP contribution in [0, 0.1) is 17.1 Å². The topological polar surface area (TPSA) is 64.9 Å². The maximum atomic E-state index is 12.6. The summed E-state index contributed by atoms with van der Waals surface area (Å²) in [7, 11) is 0. The molecule has 2 amide bonds. The minimum absolute atomic E-state index is 0.273. The van der Waals surface area contributed by atoms with Crippen LogP contribution in [0.5, 0.6) is 0 Å². The van der Waals surface area contributed by atoms with E-state index in [1.807, 2.05) is 6.07 Å². The molecule has 4 nitrogen and oxygen atoms in total. The lowest BCUT2D eigenvalue weighted by Gasteiger charge is -2.00. The lowest BCUT2D eigenvalue weighted by Crippen LogP contribution is -2.32. The van der Waals surface area contributed by atoms with Crippen molar-refractivity contribution in [1.82, 2.24) is 10.6 Å². The summed E-state index contributed by atoms with van der Waals surface area (Å²) < 4.78 is 12.6. The van der Waals surface area contributed by atoms with Crippen LogP contribution in [0.25, 0.3) is 6.08 Å². The number of rotatable bonds is 4. The zero-order chi connectivity index (χ0) is 12.5. The number of urea groups is 1. The predicted molar refractivity (Wildman–Crippen MR) is 62.2 cm³/mol. The third-order valence-electron chi connectivity index (χ3n) is 1.88. The summed E-state index contributed by atoms with van der Waals surface area (Å²) in [5, 5.41) is 13.2. The first-order valence-corrected chi connectivity index (χ1v) is 5.06. The molecule has 0 saturated heterocycles. The molecule has 0 aromatic heterocycles. The van der Waals surface area contributed by atoms with Crippen molar-refractivity contribution in [3.05, 3.63) is 41.8 Å². The Kier molecular flexibility index (Phi) is 5.25. The van der Waals surface area contributed by atoms with Gasteiger partial charge in [0.1, 0.15) is 5.82 Å². The van der Waals surface area contributed by atoms with Crippen molar-refractivity contribution in [2.24, 2.45) is 0 Å². The van der Waals surface area contributed by atoms with Crippen LogP contribution < -0.4 is 10.6 Å². The maximum absolute atomic E-state index is 12.6. The van der Waals surface area contributed by atoms with Crippen molar-refractivity contribution in [2.45, 2.75) is 6.42 Å². The zero-order valence-corrected chi connectivity index (χ0v) is 9.11. The van der Waals surface area contributed by atoms with Crippen LogP contribution in [0.15, 0.2) is 30.5 Å². The standard InChI is InChI=1S/C12H12FN3O/c13-11-4-2-10(3-5-11)6-9-16-12(17)15-8-1-7-14/h2-6,9H,1,8H2,(H2,15,16,17)/b9-6+. The summed E-state index contributed by atoms with van der Waals surface area (Å²) in [4.78, 5) is 11.1. The lowest BCUT2D eigenvalue weighted by molar-refractivity contribution is 0.244. The quantitative estimate of drug-likeness (QED) is 0.781. The molecule has 0 aliphatic heterocycles. The highest BCUT2D eigenvalue weighted by Gasteiger charge is 1.94. The smallest absolute Gasteiger partial charge is 0.318 e. The van der Waals surface area contributed by atoms with Crippen molar-refractivity contribution in [1.29, 1.82) is 5.26 Å². The van der Waals surface area contributed by atoms with Crippen LogP contribution in [0.4, 0.5) is 9.18 Å². The Morgan fingerprint density at radius 1 is 1.41 bits per heavy atom. The number of hydrogen-bond donors (Lipinski definition) is 2. The van der Waals surface area contributed by atoms with Gasteiger partial charge in [0.15, 0.2) is 0 Å². The fraction of sp³-hybridized carbons (Fsp3) is 0.167. The summed E-state index contributed by atoms with van der Waals surface area (Å²) in [6.45, 7) is 0.312. The second kappa shape index (κ2) is 7.01. The Hall–Kier alpha value is -2.35. The van der Waals surface area contributed by atoms with Crippen molar-refractivity contribution in [3.8, 4) is 6.07 Å². The molecule has 0 aliphatic carbocycles. The Labute approximate surface area is 98.8 Å². The molecule has 5 heteroatoms. The largest absolute Gasteiger partial charge is 0.337 e. The van der Waals surface area contributed by atoms with Crippen molar-refractivity contribution < 1.29 is 9.18 Å². The Bertz CT molecular complexity index is 434. The molecule has 1 aromatic rings. The highest BCUT2D eigenvalue weighted by atomic mass is 19.1. The van der Waals surface area contributed by atoms with Crippen molar-refractivity contribution in [3.63, 3.8) is 0 Å². The van der Waals surface area contributed by atoms with Gasteiger partial charge in [-0.15, -0.1) is 0 Å². The first-order chi connectivity index (χ1) is 8.22. The van der Waals surface area contributed by atoms with E-state index in [-0.39, 0.29) is 18.3 Å². The van der Waals surface area contributed by atoms with E-state index < -0.39 is 0 Å². The molecule has 2 N–H and O–H groups in total. The SMILES string of the molecule is N#CCCNC(=O)N/C=C/c1ccc(F)cc1. The molecule has 0 saturated carbocycles. The average molecular weight is 233 g/mol. The van der Waals surface area contributed by atoms with Crippen LogP contribution in [-0.4, -0.2) is 12.6 Å². The number of nitrogens with one attached hydrogen (secondary N) is 2. The number of nitrogens with zero attached hydrogens (tertiary/aromatic N) is 1. The molecule has 17 heavy (non-hydrogen) atoms. The van der Waals surface area contributed by atoms with Crippen LogP contribution >= 0.6 is 0 Å². The molecule has 1 rings (SSSR count). The number of hydrogen-bond acceptors (Lipinski definition) is 2. The average Bonchev–Trinajstić information content (AvgIpc) is 2.32. The van der Waals surface area contributed by atoms with E-state index in [1.54, 1.807) is 18.2 Å². The number of nitriles is 1. The molecule has 0 unspecified atom stereocenters. The van der Waals surface area contributed by atoms with Gasteiger partial charge in [0.2, 0.25) is 0 Å². The number of carbonyl (C=O) groups excluding carboxylic acids is 1. The van der Waals surface area contributed by atoms with Gasteiger partial charge in [0.05, 0.1) is 12.5 Å². The molecule has 0 fully saturated rings. The Morgan fingerprint density at radius 2 is 2.12 bits per heavy atom. The van der Waals surface area contributed by atoms with Gasteiger partial charge in [-0.25, -0.2) is 9.18 Å². The summed E-state index contributed by atoms with van der Waals surface area (Å²) in [5.41, 5.74) is 0.781. The minimum atomic E-state index is -0.376. The number of carbonyl (C=O) groups is 1. The van der Waals surface area contributed by atoms with Gasteiger partial charge in [0.25, 0.3) is 0 Å². The second-order valence-corrected chi connectivity index (χ2v) is 3.19. The Balaban J connectivity index is 2.32. The maximum Gasteiger partial charge on any atom is 0.318 e. The van der Waals surface area contributed by atoms with E-state index in [2.05, 4.69) is 10.6 Å². The van der Waals surface area contributed by atoms with Crippen LogP contribution in [0.1, 0.15) is 12.0 Å². The molecule has 0 radical (unpaired) electrons. The minimum Gasteiger partial charge on any atom is -0.337 e. The molecule has 0 heterocycles. The Morgan fingerprint density at radius 3 is 2.76 bits per heavy atom. The third-order valence-corrected chi connectivity index (χ3v) is 1.88. The van der Waals surface area contributed by atoms with Gasteiger partial charge in [-0.3, -0.25) is 0 Å². The summed E-state index contributed by atoms with van der Waals surface area (Å²) in [6.07, 6.45) is 3.37. The summed E-state index contributed by atoms with van der Waals surface area (Å²) >= 11 is 0. The van der Waals surface area contributed by atoms with Crippen LogP contribution in [0.3, 0.4) is 0 Å². The van der Waals surface area contributed by atoms with Crippen molar-refractivity contribution >= 4 is 12.1 Å². The number of halogens is 1. The lowest BCUT2D eigenvalue weighted by atomic mass is 10.2. The van der Waals surface area contributed by atoms with E-state index in [4.69, 9.17) is 5.26 Å². The van der Waals surface area contributed by atoms with Gasteiger partial charge in [-0.1, -0.05) is 12.1 Å². The highest BCUT2D eigenvalue weighted by Crippen LogP contribution is 2.03. The molecule has 1 aromatic carbocycles. The zero-order valence-electron chi connectivity index (χ0n) is 9.11. The van der Waals surface area contributed by atoms with Crippen molar-refractivity contribution in [2.75, 3.05) is 6.54 Å². The second-order valence-electron chi connectivity index (χ2n) is 3.19. The van der Waals surface area contributed by atoms with Gasteiger partial charge < -0.3 is 10.6 Å². The first kappa shape index (κ1) is 12.7. The fourth-order valence-electron chi connectivity index (χ4n) is 1.07. The number of amides is 2. The first-order valence-electron chi connectivity index (χ1n) is 5.06. The molecular weight excluding hydrogens is 221 g/mol. The van der Waals surface area contributed by atoms with E-state index in [9.17, 15) is 9.18 Å². The molecule has 0 atom stereocenters.